The minimum absolute atomic E-state index is 0.616. The molecule has 2 heterocycles. The van der Waals surface area contributed by atoms with Crippen LogP contribution in [0.1, 0.15) is 26.7 Å². The van der Waals surface area contributed by atoms with E-state index in [1.807, 2.05) is 0 Å². The second kappa shape index (κ2) is 1.72. The lowest BCUT2D eigenvalue weighted by Crippen LogP contribution is -2.18. The highest BCUT2D eigenvalue weighted by Crippen LogP contribution is 2.41. The fraction of sp³-hybridized carbons (Fsp3) is 1.00. The van der Waals surface area contributed by atoms with Crippen molar-refractivity contribution in [2.45, 2.75) is 38.9 Å². The molecule has 2 fully saturated rings. The van der Waals surface area contributed by atoms with Gasteiger partial charge in [-0.15, -0.1) is 0 Å². The van der Waals surface area contributed by atoms with E-state index in [4.69, 9.17) is 4.74 Å². The van der Waals surface area contributed by atoms with Crippen molar-refractivity contribution < 1.29 is 4.74 Å². The van der Waals surface area contributed by atoms with Crippen LogP contribution < -0.4 is 0 Å². The second-order valence-electron chi connectivity index (χ2n) is 3.64. The molecule has 0 aromatic carbocycles. The molecule has 0 amide bonds. The number of rotatable bonds is 0. The van der Waals surface area contributed by atoms with Gasteiger partial charge in [-0.3, -0.25) is 0 Å². The predicted octanol–water partition coefficient (Wildman–Crippen LogP) is 1.82. The highest BCUT2D eigenvalue weighted by molar-refractivity contribution is 4.91. The van der Waals surface area contributed by atoms with Crippen molar-refractivity contribution in [1.29, 1.82) is 0 Å². The van der Waals surface area contributed by atoms with E-state index in [2.05, 4.69) is 13.8 Å². The summed E-state index contributed by atoms with van der Waals surface area (Å²) < 4.78 is 5.70. The molecule has 52 valence electrons. The standard InChI is InChI=1S/C8H14O/c1-5-3-8-6(2)4-7(5)9-8/h5-8H,3-4H2,1-2H3/t5-,6-,7?,8?/m1/s1. The Morgan fingerprint density at radius 1 is 1.00 bits per heavy atom. The van der Waals surface area contributed by atoms with E-state index >= 15 is 0 Å². The smallest absolute Gasteiger partial charge is 0.0609 e. The summed E-state index contributed by atoms with van der Waals surface area (Å²) in [5.74, 6) is 1.68. The molecule has 2 unspecified atom stereocenters. The van der Waals surface area contributed by atoms with E-state index in [0.29, 0.717) is 12.2 Å². The van der Waals surface area contributed by atoms with Crippen LogP contribution in [0.5, 0.6) is 0 Å². The van der Waals surface area contributed by atoms with Crippen molar-refractivity contribution in [3.63, 3.8) is 0 Å². The average molecular weight is 126 g/mol. The Bertz CT molecular complexity index is 104. The summed E-state index contributed by atoms with van der Waals surface area (Å²) in [6.45, 7) is 4.60. The molecule has 0 radical (unpaired) electrons. The molecule has 2 bridgehead atoms. The third-order valence-corrected chi connectivity index (χ3v) is 2.83. The van der Waals surface area contributed by atoms with Gasteiger partial charge in [-0.1, -0.05) is 13.8 Å². The molecule has 4 atom stereocenters. The first kappa shape index (κ1) is 5.72. The molecule has 2 saturated heterocycles. The minimum atomic E-state index is 0.616. The van der Waals surface area contributed by atoms with Crippen LogP contribution in [0, 0.1) is 11.8 Å². The zero-order chi connectivity index (χ0) is 6.43. The zero-order valence-electron chi connectivity index (χ0n) is 6.13. The molecule has 1 heteroatoms. The molecule has 2 aliphatic rings. The van der Waals surface area contributed by atoms with Gasteiger partial charge in [-0.25, -0.2) is 0 Å². The molecule has 0 aromatic heterocycles. The summed E-state index contributed by atoms with van der Waals surface area (Å²) in [7, 11) is 0. The lowest BCUT2D eigenvalue weighted by atomic mass is 9.84. The summed E-state index contributed by atoms with van der Waals surface area (Å²) in [6, 6.07) is 0. The Balaban J connectivity index is 2.10. The van der Waals surface area contributed by atoms with Gasteiger partial charge in [-0.05, 0) is 24.7 Å². The number of hydrogen-bond acceptors (Lipinski definition) is 1. The average Bonchev–Trinajstić information content (AvgIpc) is 2.24. The Morgan fingerprint density at radius 2 is 1.44 bits per heavy atom. The third-order valence-electron chi connectivity index (χ3n) is 2.83. The van der Waals surface area contributed by atoms with Crippen molar-refractivity contribution in [2.75, 3.05) is 0 Å². The lowest BCUT2D eigenvalue weighted by molar-refractivity contribution is 0.0877. The molecule has 0 aliphatic carbocycles. The van der Waals surface area contributed by atoms with Crippen LogP contribution in [-0.2, 0) is 4.74 Å². The van der Waals surface area contributed by atoms with Crippen LogP contribution in [-0.4, -0.2) is 12.2 Å². The van der Waals surface area contributed by atoms with Gasteiger partial charge in [0.15, 0.2) is 0 Å². The van der Waals surface area contributed by atoms with E-state index in [-0.39, 0.29) is 0 Å². The highest BCUT2D eigenvalue weighted by atomic mass is 16.5. The molecule has 1 nitrogen and oxygen atoms in total. The maximum absolute atomic E-state index is 5.70. The largest absolute Gasteiger partial charge is 0.374 e. The van der Waals surface area contributed by atoms with Gasteiger partial charge in [0.05, 0.1) is 12.2 Å². The fourth-order valence-electron chi connectivity index (χ4n) is 2.10. The van der Waals surface area contributed by atoms with Crippen LogP contribution in [0.25, 0.3) is 0 Å². The monoisotopic (exact) mass is 126 g/mol. The number of hydrogen-bond donors (Lipinski definition) is 0. The summed E-state index contributed by atoms with van der Waals surface area (Å²) in [5.41, 5.74) is 0. The van der Waals surface area contributed by atoms with Gasteiger partial charge in [0, 0.05) is 0 Å². The Hall–Kier alpha value is -0.0400. The number of ether oxygens (including phenoxy) is 1. The third kappa shape index (κ3) is 0.710. The van der Waals surface area contributed by atoms with E-state index < -0.39 is 0 Å². The first-order chi connectivity index (χ1) is 4.27. The van der Waals surface area contributed by atoms with Crippen molar-refractivity contribution in [1.82, 2.24) is 0 Å². The van der Waals surface area contributed by atoms with E-state index in [1.165, 1.54) is 12.8 Å². The van der Waals surface area contributed by atoms with Crippen LogP contribution in [0.4, 0.5) is 0 Å². The predicted molar refractivity (Wildman–Crippen MR) is 36.2 cm³/mol. The highest BCUT2D eigenvalue weighted by Gasteiger charge is 2.42. The Labute approximate surface area is 56.4 Å². The summed E-state index contributed by atoms with van der Waals surface area (Å²) in [5, 5.41) is 0. The molecule has 0 N–H and O–H groups in total. The molecule has 9 heavy (non-hydrogen) atoms. The van der Waals surface area contributed by atoms with Gasteiger partial charge in [0.1, 0.15) is 0 Å². The zero-order valence-corrected chi connectivity index (χ0v) is 6.13. The first-order valence-corrected chi connectivity index (χ1v) is 3.93. The van der Waals surface area contributed by atoms with Gasteiger partial charge in [-0.2, -0.15) is 0 Å². The van der Waals surface area contributed by atoms with Crippen LogP contribution in [0.3, 0.4) is 0 Å². The molecule has 2 rings (SSSR count). The fourth-order valence-corrected chi connectivity index (χ4v) is 2.10. The second-order valence-corrected chi connectivity index (χ2v) is 3.64. The van der Waals surface area contributed by atoms with Gasteiger partial charge in [0.25, 0.3) is 0 Å². The number of fused-ring (bicyclic) bond motifs is 2. The van der Waals surface area contributed by atoms with Crippen LogP contribution in [0.15, 0.2) is 0 Å². The molecular weight excluding hydrogens is 112 g/mol. The van der Waals surface area contributed by atoms with Crippen LogP contribution in [0.2, 0.25) is 0 Å². The summed E-state index contributed by atoms with van der Waals surface area (Å²) in [6.07, 6.45) is 3.85. The van der Waals surface area contributed by atoms with Crippen molar-refractivity contribution in [2.24, 2.45) is 11.8 Å². The van der Waals surface area contributed by atoms with Crippen molar-refractivity contribution in [3.05, 3.63) is 0 Å². The van der Waals surface area contributed by atoms with Crippen LogP contribution >= 0.6 is 0 Å². The molecule has 2 aliphatic heterocycles. The summed E-state index contributed by atoms with van der Waals surface area (Å²) in [4.78, 5) is 0. The first-order valence-electron chi connectivity index (χ1n) is 3.93. The molecule has 0 spiro atoms. The SMILES string of the molecule is C[C@@H]1CC2OC1C[C@H]2C. The van der Waals surface area contributed by atoms with Gasteiger partial charge >= 0.3 is 0 Å². The van der Waals surface area contributed by atoms with E-state index in [0.717, 1.165) is 11.8 Å². The normalized spacial score (nSPS) is 56.7. The Morgan fingerprint density at radius 3 is 1.67 bits per heavy atom. The molecule has 0 aromatic rings. The maximum atomic E-state index is 5.70. The quantitative estimate of drug-likeness (QED) is 0.481. The van der Waals surface area contributed by atoms with Crippen molar-refractivity contribution in [3.8, 4) is 0 Å². The Kier molecular flexibility index (Phi) is 1.10. The van der Waals surface area contributed by atoms with Crippen molar-refractivity contribution >= 4 is 0 Å². The lowest BCUT2D eigenvalue weighted by Gasteiger charge is -2.17. The minimum Gasteiger partial charge on any atom is -0.374 e. The van der Waals surface area contributed by atoms with E-state index in [1.54, 1.807) is 0 Å². The molecule has 0 saturated carbocycles. The summed E-state index contributed by atoms with van der Waals surface area (Å²) >= 11 is 0. The maximum Gasteiger partial charge on any atom is 0.0609 e. The van der Waals surface area contributed by atoms with Gasteiger partial charge in [0.2, 0.25) is 0 Å². The molecular formula is C8H14O. The van der Waals surface area contributed by atoms with Gasteiger partial charge < -0.3 is 4.74 Å². The topological polar surface area (TPSA) is 9.23 Å². The van der Waals surface area contributed by atoms with E-state index in [9.17, 15) is 0 Å².